The number of likely N-dealkylation sites (tertiary alicyclic amines) is 1. The molecule has 1 fully saturated rings. The number of benzene rings is 2. The molecule has 3 rings (SSSR count). The molecule has 1 N–H and O–H groups in total. The lowest BCUT2D eigenvalue weighted by Crippen LogP contribution is -2.50. The second-order valence-electron chi connectivity index (χ2n) is 6.83. The van der Waals surface area contributed by atoms with Crippen molar-refractivity contribution in [3.05, 3.63) is 71.8 Å². The molecule has 0 radical (unpaired) electrons. The van der Waals surface area contributed by atoms with Gasteiger partial charge in [0.1, 0.15) is 12.6 Å². The lowest BCUT2D eigenvalue weighted by Gasteiger charge is -2.28. The largest absolute Gasteiger partial charge is 0.459 e. The predicted molar refractivity (Wildman–Crippen MR) is 104 cm³/mol. The predicted octanol–water partition coefficient (Wildman–Crippen LogP) is 3.54. The van der Waals surface area contributed by atoms with Crippen LogP contribution in [0.5, 0.6) is 0 Å². The number of nitrogens with one attached hydrogen (secondary N) is 1. The van der Waals surface area contributed by atoms with Gasteiger partial charge in [-0.15, -0.1) is 0 Å². The molecule has 1 aliphatic heterocycles. The van der Waals surface area contributed by atoms with Crippen LogP contribution in [-0.2, 0) is 22.6 Å². The number of rotatable bonds is 6. The Morgan fingerprint density at radius 2 is 1.48 bits per heavy atom. The summed E-state index contributed by atoms with van der Waals surface area (Å²) in [5, 5.41) is 2.88. The molecule has 1 atom stereocenters. The summed E-state index contributed by atoms with van der Waals surface area (Å²) in [7, 11) is 0. The first-order valence-corrected chi connectivity index (χ1v) is 9.52. The maximum atomic E-state index is 12.7. The van der Waals surface area contributed by atoms with Crippen LogP contribution in [-0.4, -0.2) is 36.0 Å². The highest BCUT2D eigenvalue weighted by atomic mass is 16.5. The SMILES string of the molecule is O=C(OCc1ccccc1)C(Cc1ccccc1)NC(=O)N1CCCCC1. The van der Waals surface area contributed by atoms with Crippen LogP contribution in [0, 0.1) is 0 Å². The number of ether oxygens (including phenoxy) is 1. The zero-order chi connectivity index (χ0) is 18.9. The molecule has 5 heteroatoms. The number of hydrogen-bond donors (Lipinski definition) is 1. The number of piperidine rings is 1. The molecule has 1 heterocycles. The number of carbonyl (C=O) groups is 2. The Hall–Kier alpha value is -2.82. The van der Waals surface area contributed by atoms with E-state index in [2.05, 4.69) is 5.32 Å². The minimum Gasteiger partial charge on any atom is -0.459 e. The summed E-state index contributed by atoms with van der Waals surface area (Å²) in [6.07, 6.45) is 3.58. The molecule has 2 amide bonds. The number of carbonyl (C=O) groups excluding carboxylic acids is 2. The van der Waals surface area contributed by atoms with Gasteiger partial charge in [0.2, 0.25) is 0 Å². The van der Waals surface area contributed by atoms with Gasteiger partial charge in [0.05, 0.1) is 0 Å². The minimum atomic E-state index is -0.703. The van der Waals surface area contributed by atoms with E-state index in [1.54, 1.807) is 4.90 Å². The number of urea groups is 1. The van der Waals surface area contributed by atoms with Crippen LogP contribution in [0.3, 0.4) is 0 Å². The molecule has 1 unspecified atom stereocenters. The van der Waals surface area contributed by atoms with Gasteiger partial charge in [-0.05, 0) is 30.4 Å². The van der Waals surface area contributed by atoms with Gasteiger partial charge in [-0.3, -0.25) is 0 Å². The highest BCUT2D eigenvalue weighted by Crippen LogP contribution is 2.11. The molecule has 142 valence electrons. The normalized spacial score (nSPS) is 15.0. The molecule has 2 aromatic carbocycles. The highest BCUT2D eigenvalue weighted by molar-refractivity contribution is 5.84. The molecule has 1 saturated heterocycles. The molecule has 27 heavy (non-hydrogen) atoms. The Morgan fingerprint density at radius 3 is 2.11 bits per heavy atom. The van der Waals surface area contributed by atoms with Gasteiger partial charge in [0.25, 0.3) is 0 Å². The summed E-state index contributed by atoms with van der Waals surface area (Å²) in [5.41, 5.74) is 1.91. The Balaban J connectivity index is 1.64. The summed E-state index contributed by atoms with van der Waals surface area (Å²) in [5.74, 6) is -0.409. The van der Waals surface area contributed by atoms with Crippen molar-refractivity contribution in [2.45, 2.75) is 38.3 Å². The molecular weight excluding hydrogens is 340 g/mol. The summed E-state index contributed by atoms with van der Waals surface area (Å²) >= 11 is 0. The van der Waals surface area contributed by atoms with Crippen LogP contribution < -0.4 is 5.32 Å². The lowest BCUT2D eigenvalue weighted by atomic mass is 10.1. The van der Waals surface area contributed by atoms with E-state index in [1.165, 1.54) is 0 Å². The molecule has 0 spiro atoms. The summed E-state index contributed by atoms with van der Waals surface area (Å²) in [4.78, 5) is 27.1. The van der Waals surface area contributed by atoms with Crippen LogP contribution in [0.2, 0.25) is 0 Å². The smallest absolute Gasteiger partial charge is 0.329 e. The Bertz CT molecular complexity index is 728. The molecule has 2 aromatic rings. The van der Waals surface area contributed by atoms with Crippen LogP contribution in [0.4, 0.5) is 4.79 Å². The van der Waals surface area contributed by atoms with Crippen molar-refractivity contribution in [2.24, 2.45) is 0 Å². The zero-order valence-electron chi connectivity index (χ0n) is 15.5. The average Bonchev–Trinajstić information content (AvgIpc) is 2.73. The first-order chi connectivity index (χ1) is 13.2. The van der Waals surface area contributed by atoms with Gasteiger partial charge in [-0.25, -0.2) is 9.59 Å². The topological polar surface area (TPSA) is 58.6 Å². The lowest BCUT2D eigenvalue weighted by molar-refractivity contribution is -0.147. The molecule has 0 saturated carbocycles. The molecule has 0 bridgehead atoms. The minimum absolute atomic E-state index is 0.188. The molecule has 1 aliphatic rings. The molecular formula is C22H26N2O3. The van der Waals surface area contributed by atoms with Crippen LogP contribution >= 0.6 is 0 Å². The Labute approximate surface area is 160 Å². The van der Waals surface area contributed by atoms with Gasteiger partial charge >= 0.3 is 12.0 Å². The van der Waals surface area contributed by atoms with E-state index in [0.29, 0.717) is 6.42 Å². The van der Waals surface area contributed by atoms with Gasteiger partial charge < -0.3 is 15.0 Å². The fourth-order valence-electron chi connectivity index (χ4n) is 3.21. The highest BCUT2D eigenvalue weighted by Gasteiger charge is 2.26. The Kier molecular flexibility index (Phi) is 6.85. The maximum Gasteiger partial charge on any atom is 0.329 e. The van der Waals surface area contributed by atoms with Crippen molar-refractivity contribution < 1.29 is 14.3 Å². The quantitative estimate of drug-likeness (QED) is 0.796. The standard InChI is InChI=1S/C22H26N2O3/c25-21(27-17-19-12-6-2-7-13-19)20(16-18-10-4-1-5-11-18)23-22(26)24-14-8-3-9-15-24/h1-2,4-7,10-13,20H,3,8-9,14-17H2,(H,23,26). The van der Waals surface area contributed by atoms with Crippen LogP contribution in [0.1, 0.15) is 30.4 Å². The average molecular weight is 366 g/mol. The van der Waals surface area contributed by atoms with E-state index in [9.17, 15) is 9.59 Å². The van der Waals surface area contributed by atoms with Crippen molar-refractivity contribution >= 4 is 12.0 Å². The van der Waals surface area contributed by atoms with E-state index in [-0.39, 0.29) is 12.6 Å². The third kappa shape index (κ3) is 5.84. The van der Waals surface area contributed by atoms with Gasteiger partial charge in [0, 0.05) is 19.5 Å². The van der Waals surface area contributed by atoms with E-state index in [4.69, 9.17) is 4.74 Å². The van der Waals surface area contributed by atoms with E-state index >= 15 is 0 Å². The summed E-state index contributed by atoms with van der Waals surface area (Å²) < 4.78 is 5.48. The van der Waals surface area contributed by atoms with Gasteiger partial charge in [-0.2, -0.15) is 0 Å². The van der Waals surface area contributed by atoms with E-state index in [0.717, 1.165) is 43.5 Å². The second-order valence-corrected chi connectivity index (χ2v) is 6.83. The summed E-state index contributed by atoms with van der Waals surface area (Å²) in [6, 6.07) is 18.3. The monoisotopic (exact) mass is 366 g/mol. The molecule has 0 aliphatic carbocycles. The van der Waals surface area contributed by atoms with Gasteiger partial charge in [0.15, 0.2) is 0 Å². The van der Waals surface area contributed by atoms with Crippen LogP contribution in [0.15, 0.2) is 60.7 Å². The fourth-order valence-corrected chi connectivity index (χ4v) is 3.21. The van der Waals surface area contributed by atoms with E-state index in [1.807, 2.05) is 60.7 Å². The van der Waals surface area contributed by atoms with Crippen molar-refractivity contribution in [1.29, 1.82) is 0 Å². The maximum absolute atomic E-state index is 12.7. The zero-order valence-corrected chi connectivity index (χ0v) is 15.5. The first kappa shape index (κ1) is 19.0. The number of amides is 2. The fraction of sp³-hybridized carbons (Fsp3) is 0.364. The van der Waals surface area contributed by atoms with Crippen molar-refractivity contribution in [3.8, 4) is 0 Å². The second kappa shape index (κ2) is 9.76. The van der Waals surface area contributed by atoms with Crippen LogP contribution in [0.25, 0.3) is 0 Å². The van der Waals surface area contributed by atoms with Crippen molar-refractivity contribution in [3.63, 3.8) is 0 Å². The number of nitrogens with zero attached hydrogens (tertiary/aromatic N) is 1. The third-order valence-corrected chi connectivity index (χ3v) is 4.73. The van der Waals surface area contributed by atoms with Crippen molar-refractivity contribution in [1.82, 2.24) is 10.2 Å². The van der Waals surface area contributed by atoms with Crippen molar-refractivity contribution in [2.75, 3.05) is 13.1 Å². The summed E-state index contributed by atoms with van der Waals surface area (Å²) in [6.45, 7) is 1.68. The number of hydrogen-bond acceptors (Lipinski definition) is 3. The van der Waals surface area contributed by atoms with Gasteiger partial charge in [-0.1, -0.05) is 60.7 Å². The third-order valence-electron chi connectivity index (χ3n) is 4.73. The molecule has 0 aromatic heterocycles. The molecule has 5 nitrogen and oxygen atoms in total. The first-order valence-electron chi connectivity index (χ1n) is 9.52. The number of esters is 1. The van der Waals surface area contributed by atoms with E-state index < -0.39 is 12.0 Å². The Morgan fingerprint density at radius 1 is 0.889 bits per heavy atom.